The van der Waals surface area contributed by atoms with Gasteiger partial charge in [0.05, 0.1) is 17.1 Å². The molecule has 2 N–H and O–H groups in total. The molecule has 0 radical (unpaired) electrons. The van der Waals surface area contributed by atoms with Crippen molar-refractivity contribution in [3.63, 3.8) is 0 Å². The molecule has 2 aromatic carbocycles. The Bertz CT molecular complexity index is 791. The minimum Gasteiger partial charge on any atom is -0.457 e. The minimum atomic E-state index is -0.273. The number of hydrogen-bond donors (Lipinski definition) is 2. The molecule has 4 nitrogen and oxygen atoms in total. The quantitative estimate of drug-likeness (QED) is 0.770. The van der Waals surface area contributed by atoms with Gasteiger partial charge in [-0.25, -0.2) is 9.37 Å². The first kappa shape index (κ1) is 13.3. The Morgan fingerprint density at radius 3 is 2.68 bits per heavy atom. The molecule has 0 spiro atoms. The first-order valence-corrected chi connectivity index (χ1v) is 7.44. The van der Waals surface area contributed by atoms with Gasteiger partial charge >= 0.3 is 0 Å². The monoisotopic (exact) mass is 297 g/mol. The van der Waals surface area contributed by atoms with E-state index in [0.717, 1.165) is 29.8 Å². The van der Waals surface area contributed by atoms with Crippen LogP contribution in [0.4, 0.5) is 4.39 Å². The van der Waals surface area contributed by atoms with Crippen LogP contribution >= 0.6 is 0 Å². The molecule has 22 heavy (non-hydrogen) atoms. The van der Waals surface area contributed by atoms with E-state index in [0.29, 0.717) is 17.5 Å². The number of hydrogen-bond acceptors (Lipinski definition) is 3. The molecule has 2 heterocycles. The van der Waals surface area contributed by atoms with Crippen molar-refractivity contribution in [2.75, 3.05) is 6.54 Å². The smallest absolute Gasteiger partial charge is 0.129 e. The Morgan fingerprint density at radius 2 is 1.91 bits per heavy atom. The van der Waals surface area contributed by atoms with Gasteiger partial charge in [-0.15, -0.1) is 0 Å². The van der Waals surface area contributed by atoms with Crippen LogP contribution in [0.3, 0.4) is 0 Å². The second-order valence-electron chi connectivity index (χ2n) is 5.51. The molecule has 1 atom stereocenters. The molecule has 0 saturated carbocycles. The van der Waals surface area contributed by atoms with Crippen molar-refractivity contribution in [1.82, 2.24) is 15.3 Å². The predicted octanol–water partition coefficient (Wildman–Crippen LogP) is 3.92. The lowest BCUT2D eigenvalue weighted by Gasteiger charge is -2.05. The van der Waals surface area contributed by atoms with Crippen LogP contribution in [0, 0.1) is 5.82 Å². The maximum atomic E-state index is 12.9. The highest BCUT2D eigenvalue weighted by molar-refractivity contribution is 5.77. The van der Waals surface area contributed by atoms with Gasteiger partial charge in [-0.1, -0.05) is 0 Å². The fraction of sp³-hybridized carbons (Fsp3) is 0.235. The van der Waals surface area contributed by atoms with Crippen molar-refractivity contribution < 1.29 is 9.13 Å². The number of halogens is 1. The number of fused-ring (bicyclic) bond motifs is 1. The molecule has 1 aliphatic heterocycles. The average molecular weight is 297 g/mol. The summed E-state index contributed by atoms with van der Waals surface area (Å²) in [6, 6.07) is 12.0. The number of aromatic nitrogens is 2. The second kappa shape index (κ2) is 5.42. The van der Waals surface area contributed by atoms with Crippen LogP contribution in [0.5, 0.6) is 11.5 Å². The summed E-state index contributed by atoms with van der Waals surface area (Å²) < 4.78 is 18.7. The molecule has 1 aromatic heterocycles. The van der Waals surface area contributed by atoms with Crippen LogP contribution in [0.2, 0.25) is 0 Å². The van der Waals surface area contributed by atoms with Gasteiger partial charge in [-0.05, 0) is 55.8 Å². The van der Waals surface area contributed by atoms with Crippen LogP contribution in [0.15, 0.2) is 42.5 Å². The highest BCUT2D eigenvalue weighted by Gasteiger charge is 2.19. The number of aromatic amines is 1. The van der Waals surface area contributed by atoms with E-state index in [1.807, 2.05) is 18.2 Å². The summed E-state index contributed by atoms with van der Waals surface area (Å²) in [5.74, 6) is 2.02. The largest absolute Gasteiger partial charge is 0.457 e. The minimum absolute atomic E-state index is 0.273. The number of nitrogens with one attached hydrogen (secondary N) is 2. The number of nitrogens with zero attached hydrogens (tertiary/aromatic N) is 1. The maximum Gasteiger partial charge on any atom is 0.129 e. The van der Waals surface area contributed by atoms with Gasteiger partial charge in [-0.3, -0.25) is 0 Å². The number of benzene rings is 2. The number of imidazole rings is 1. The van der Waals surface area contributed by atoms with Gasteiger partial charge in [0.1, 0.15) is 23.1 Å². The second-order valence-corrected chi connectivity index (χ2v) is 5.51. The highest BCUT2D eigenvalue weighted by Crippen LogP contribution is 2.27. The molecule has 1 aliphatic rings. The van der Waals surface area contributed by atoms with E-state index in [2.05, 4.69) is 15.3 Å². The van der Waals surface area contributed by atoms with Crippen LogP contribution in [0.1, 0.15) is 24.7 Å². The lowest BCUT2D eigenvalue weighted by Crippen LogP contribution is -2.13. The van der Waals surface area contributed by atoms with Gasteiger partial charge in [-0.2, -0.15) is 0 Å². The van der Waals surface area contributed by atoms with Crippen LogP contribution in [-0.4, -0.2) is 16.5 Å². The van der Waals surface area contributed by atoms with Crippen molar-refractivity contribution in [1.29, 1.82) is 0 Å². The normalized spacial score (nSPS) is 18.0. The van der Waals surface area contributed by atoms with Gasteiger partial charge < -0.3 is 15.0 Å². The van der Waals surface area contributed by atoms with Crippen molar-refractivity contribution >= 4 is 11.0 Å². The topological polar surface area (TPSA) is 49.9 Å². The predicted molar refractivity (Wildman–Crippen MR) is 82.5 cm³/mol. The molecular formula is C17H16FN3O. The maximum absolute atomic E-state index is 12.9. The van der Waals surface area contributed by atoms with Crippen molar-refractivity contribution in [3.05, 3.63) is 54.1 Å². The molecule has 0 bridgehead atoms. The SMILES string of the molecule is Fc1ccc(Oc2ccc3nc([C@@H]4CCCN4)[nH]c3c2)cc1. The Kier molecular flexibility index (Phi) is 3.27. The van der Waals surface area contributed by atoms with Crippen molar-refractivity contribution in [2.45, 2.75) is 18.9 Å². The number of rotatable bonds is 3. The molecule has 5 heteroatoms. The van der Waals surface area contributed by atoms with Crippen LogP contribution in [0.25, 0.3) is 11.0 Å². The van der Waals surface area contributed by atoms with Gasteiger partial charge in [0.25, 0.3) is 0 Å². The van der Waals surface area contributed by atoms with E-state index >= 15 is 0 Å². The molecule has 1 saturated heterocycles. The highest BCUT2D eigenvalue weighted by atomic mass is 19.1. The zero-order chi connectivity index (χ0) is 14.9. The average Bonchev–Trinajstić information content (AvgIpc) is 3.17. The third-order valence-electron chi connectivity index (χ3n) is 3.91. The Labute approximate surface area is 127 Å². The Balaban J connectivity index is 1.61. The van der Waals surface area contributed by atoms with E-state index in [4.69, 9.17) is 4.74 Å². The van der Waals surface area contributed by atoms with E-state index in [-0.39, 0.29) is 5.82 Å². The zero-order valence-corrected chi connectivity index (χ0v) is 12.0. The summed E-state index contributed by atoms with van der Waals surface area (Å²) in [5.41, 5.74) is 1.87. The fourth-order valence-corrected chi connectivity index (χ4v) is 2.79. The van der Waals surface area contributed by atoms with Gasteiger partial charge in [0.2, 0.25) is 0 Å². The Morgan fingerprint density at radius 1 is 1.09 bits per heavy atom. The third kappa shape index (κ3) is 2.55. The summed E-state index contributed by atoms with van der Waals surface area (Å²) in [5, 5.41) is 3.43. The van der Waals surface area contributed by atoms with Crippen LogP contribution < -0.4 is 10.1 Å². The first-order chi connectivity index (χ1) is 10.8. The van der Waals surface area contributed by atoms with Crippen LogP contribution in [-0.2, 0) is 0 Å². The number of ether oxygens (including phenoxy) is 1. The first-order valence-electron chi connectivity index (χ1n) is 7.44. The molecule has 112 valence electrons. The lowest BCUT2D eigenvalue weighted by atomic mass is 10.2. The molecule has 0 aliphatic carbocycles. The zero-order valence-electron chi connectivity index (χ0n) is 12.0. The molecule has 0 unspecified atom stereocenters. The number of H-pyrrole nitrogens is 1. The summed E-state index contributed by atoms with van der Waals surface area (Å²) in [7, 11) is 0. The summed E-state index contributed by atoms with van der Waals surface area (Å²) in [4.78, 5) is 7.99. The molecular weight excluding hydrogens is 281 g/mol. The van der Waals surface area contributed by atoms with E-state index in [1.165, 1.54) is 18.6 Å². The lowest BCUT2D eigenvalue weighted by molar-refractivity contribution is 0.481. The molecule has 0 amide bonds. The third-order valence-corrected chi connectivity index (χ3v) is 3.91. The fourth-order valence-electron chi connectivity index (χ4n) is 2.79. The van der Waals surface area contributed by atoms with E-state index in [1.54, 1.807) is 12.1 Å². The standard InChI is InChI=1S/C17H16FN3O/c18-11-3-5-12(6-4-11)22-13-7-8-14-16(10-13)21-17(20-14)15-2-1-9-19-15/h3-8,10,15,19H,1-2,9H2,(H,20,21)/t15-/m0/s1. The van der Waals surface area contributed by atoms with E-state index < -0.39 is 0 Å². The molecule has 1 fully saturated rings. The van der Waals surface area contributed by atoms with E-state index in [9.17, 15) is 4.39 Å². The molecule has 3 aromatic rings. The van der Waals surface area contributed by atoms with Gasteiger partial charge in [0, 0.05) is 6.07 Å². The van der Waals surface area contributed by atoms with Gasteiger partial charge in [0.15, 0.2) is 0 Å². The van der Waals surface area contributed by atoms with Crippen molar-refractivity contribution in [3.8, 4) is 11.5 Å². The molecule has 4 rings (SSSR count). The summed E-state index contributed by atoms with van der Waals surface area (Å²) in [6.45, 7) is 1.04. The summed E-state index contributed by atoms with van der Waals surface area (Å²) in [6.07, 6.45) is 2.29. The van der Waals surface area contributed by atoms with Crippen molar-refractivity contribution in [2.24, 2.45) is 0 Å². The Hall–Kier alpha value is -2.40. The summed E-state index contributed by atoms with van der Waals surface area (Å²) >= 11 is 0.